The summed E-state index contributed by atoms with van der Waals surface area (Å²) in [6.45, 7) is 2.12. The second-order valence-corrected chi connectivity index (χ2v) is 7.67. The van der Waals surface area contributed by atoms with Crippen LogP contribution in [0, 0.1) is 3.57 Å². The van der Waals surface area contributed by atoms with Crippen molar-refractivity contribution in [1.29, 1.82) is 0 Å². The van der Waals surface area contributed by atoms with Crippen LogP contribution in [-0.4, -0.2) is 9.55 Å². The smallest absolute Gasteiger partial charge is 0.102 e. The Morgan fingerprint density at radius 1 is 1.29 bits per heavy atom. The number of aromatic nitrogens is 2. The van der Waals surface area contributed by atoms with Gasteiger partial charge >= 0.3 is 0 Å². The third kappa shape index (κ3) is 2.96. The van der Waals surface area contributed by atoms with Gasteiger partial charge in [-0.3, -0.25) is 4.98 Å². The maximum Gasteiger partial charge on any atom is 0.102 e. The molecule has 0 aliphatic rings. The minimum Gasteiger partial charge on any atom is -0.338 e. The summed E-state index contributed by atoms with van der Waals surface area (Å²) in [5.41, 5.74) is 3.11. The highest BCUT2D eigenvalue weighted by molar-refractivity contribution is 14.1. The summed E-state index contributed by atoms with van der Waals surface area (Å²) in [4.78, 5) is 4.48. The predicted molar refractivity (Wildman–Crippen MR) is 100 cm³/mol. The van der Waals surface area contributed by atoms with Crippen LogP contribution in [0.4, 0.5) is 0 Å². The molecule has 1 unspecified atom stereocenters. The molecule has 0 aliphatic heterocycles. The third-order valence-corrected chi connectivity index (χ3v) is 5.21. The van der Waals surface area contributed by atoms with Crippen molar-refractivity contribution in [2.24, 2.45) is 0 Å². The molecular formula is C15H10BrCl2IN2. The summed E-state index contributed by atoms with van der Waals surface area (Å²) < 4.78 is 4.26. The van der Waals surface area contributed by atoms with Gasteiger partial charge in [-0.15, -0.1) is 0 Å². The Hall–Kier alpha value is -0.300. The molecule has 0 amide bonds. The van der Waals surface area contributed by atoms with Crippen LogP contribution in [0.25, 0.3) is 11.0 Å². The van der Waals surface area contributed by atoms with Gasteiger partial charge in [-0.25, -0.2) is 0 Å². The lowest BCUT2D eigenvalue weighted by Gasteiger charge is -2.17. The number of pyridine rings is 1. The van der Waals surface area contributed by atoms with Gasteiger partial charge in [0.25, 0.3) is 0 Å². The van der Waals surface area contributed by atoms with Gasteiger partial charge in [0, 0.05) is 26.9 Å². The number of hydrogen-bond donors (Lipinski definition) is 0. The topological polar surface area (TPSA) is 17.8 Å². The van der Waals surface area contributed by atoms with Gasteiger partial charge < -0.3 is 4.57 Å². The normalized spacial score (nSPS) is 12.8. The molecule has 3 rings (SSSR count). The highest BCUT2D eigenvalue weighted by Gasteiger charge is 2.17. The predicted octanol–water partition coefficient (Wildman–Crippen LogP) is 6.32. The molecule has 108 valence electrons. The highest BCUT2D eigenvalue weighted by Crippen LogP contribution is 2.33. The van der Waals surface area contributed by atoms with Crippen molar-refractivity contribution in [3.8, 4) is 0 Å². The first-order chi connectivity index (χ1) is 9.97. The van der Waals surface area contributed by atoms with Crippen LogP contribution < -0.4 is 0 Å². The lowest BCUT2D eigenvalue weighted by molar-refractivity contribution is 0.663. The van der Waals surface area contributed by atoms with E-state index in [1.54, 1.807) is 6.07 Å². The fraction of sp³-hybridized carbons (Fsp3) is 0.133. The number of halogens is 4. The van der Waals surface area contributed by atoms with Gasteiger partial charge in [-0.2, -0.15) is 0 Å². The summed E-state index contributed by atoms with van der Waals surface area (Å²) in [7, 11) is 0. The van der Waals surface area contributed by atoms with Gasteiger partial charge in [0.05, 0.1) is 15.1 Å². The van der Waals surface area contributed by atoms with Crippen molar-refractivity contribution >= 4 is 72.8 Å². The number of benzene rings is 1. The second kappa shape index (κ2) is 6.07. The van der Waals surface area contributed by atoms with E-state index in [0.717, 1.165) is 24.6 Å². The molecule has 0 spiro atoms. The van der Waals surface area contributed by atoms with E-state index >= 15 is 0 Å². The Balaban J connectivity index is 2.17. The summed E-state index contributed by atoms with van der Waals surface area (Å²) >= 11 is 18.1. The van der Waals surface area contributed by atoms with E-state index in [0.29, 0.717) is 10.0 Å². The molecule has 0 fully saturated rings. The first kappa shape index (κ1) is 15.6. The van der Waals surface area contributed by atoms with Crippen molar-refractivity contribution in [2.45, 2.75) is 13.0 Å². The molecule has 3 aromatic rings. The zero-order chi connectivity index (χ0) is 15.1. The van der Waals surface area contributed by atoms with E-state index in [-0.39, 0.29) is 6.04 Å². The van der Waals surface area contributed by atoms with E-state index < -0.39 is 0 Å². The van der Waals surface area contributed by atoms with Crippen molar-refractivity contribution in [2.75, 3.05) is 0 Å². The quantitative estimate of drug-likeness (QED) is 0.380. The standard InChI is InChI=1S/C15H10BrCl2IN2/c1-8(11-3-2-10(17)5-12(11)18)21-7-13(19)15-14(21)4-9(16)6-20-15/h2-8H,1H3. The molecule has 0 aliphatic carbocycles. The molecule has 21 heavy (non-hydrogen) atoms. The fourth-order valence-corrected chi connectivity index (χ4v) is 3.97. The monoisotopic (exact) mass is 494 g/mol. The maximum absolute atomic E-state index is 6.34. The Morgan fingerprint density at radius 3 is 2.76 bits per heavy atom. The van der Waals surface area contributed by atoms with Crippen LogP contribution >= 0.6 is 61.7 Å². The lowest BCUT2D eigenvalue weighted by atomic mass is 10.1. The SMILES string of the molecule is CC(c1ccc(Cl)cc1Cl)n1cc(I)c2ncc(Br)cc21. The molecule has 0 radical (unpaired) electrons. The average Bonchev–Trinajstić information content (AvgIpc) is 2.75. The number of nitrogens with zero attached hydrogens (tertiary/aromatic N) is 2. The van der Waals surface area contributed by atoms with Crippen LogP contribution in [0.5, 0.6) is 0 Å². The number of hydrogen-bond acceptors (Lipinski definition) is 1. The van der Waals surface area contributed by atoms with Crippen LogP contribution in [0.3, 0.4) is 0 Å². The van der Waals surface area contributed by atoms with Crippen LogP contribution in [0.1, 0.15) is 18.5 Å². The first-order valence-electron chi connectivity index (χ1n) is 6.24. The van der Waals surface area contributed by atoms with E-state index in [9.17, 15) is 0 Å². The molecule has 2 aromatic heterocycles. The Labute approximate surface area is 154 Å². The zero-order valence-electron chi connectivity index (χ0n) is 10.9. The molecule has 0 bridgehead atoms. The molecule has 6 heteroatoms. The molecular weight excluding hydrogens is 486 g/mol. The fourth-order valence-electron chi connectivity index (χ4n) is 2.37. The van der Waals surface area contributed by atoms with Gasteiger partial charge in [0.2, 0.25) is 0 Å². The molecule has 0 saturated heterocycles. The van der Waals surface area contributed by atoms with Gasteiger partial charge in [0.15, 0.2) is 0 Å². The Bertz CT molecular complexity index is 832. The van der Waals surface area contributed by atoms with E-state index in [2.05, 4.69) is 67.3 Å². The lowest BCUT2D eigenvalue weighted by Crippen LogP contribution is -2.06. The summed E-state index contributed by atoms with van der Waals surface area (Å²) in [5.74, 6) is 0. The number of rotatable bonds is 2. The largest absolute Gasteiger partial charge is 0.338 e. The van der Waals surface area contributed by atoms with Crippen LogP contribution in [0.2, 0.25) is 10.0 Å². The molecule has 2 nitrogen and oxygen atoms in total. The van der Waals surface area contributed by atoms with Crippen molar-refractivity contribution in [1.82, 2.24) is 9.55 Å². The highest BCUT2D eigenvalue weighted by atomic mass is 127. The Kier molecular flexibility index (Phi) is 4.50. The second-order valence-electron chi connectivity index (χ2n) is 4.75. The molecule has 0 N–H and O–H groups in total. The van der Waals surface area contributed by atoms with Crippen molar-refractivity contribution in [3.63, 3.8) is 0 Å². The van der Waals surface area contributed by atoms with Crippen LogP contribution in [0.15, 0.2) is 41.1 Å². The van der Waals surface area contributed by atoms with Gasteiger partial charge in [0.1, 0.15) is 5.52 Å². The third-order valence-electron chi connectivity index (χ3n) is 3.42. The molecule has 0 saturated carbocycles. The van der Waals surface area contributed by atoms with Gasteiger partial charge in [-0.05, 0) is 69.2 Å². The van der Waals surface area contributed by atoms with E-state index in [4.69, 9.17) is 23.2 Å². The van der Waals surface area contributed by atoms with E-state index in [1.165, 1.54) is 0 Å². The number of fused-ring (bicyclic) bond motifs is 1. The van der Waals surface area contributed by atoms with Gasteiger partial charge in [-0.1, -0.05) is 29.3 Å². The average molecular weight is 496 g/mol. The summed E-state index contributed by atoms with van der Waals surface area (Å²) in [6.07, 6.45) is 3.91. The minimum atomic E-state index is 0.0943. The summed E-state index contributed by atoms with van der Waals surface area (Å²) in [5, 5.41) is 1.32. The molecule has 1 aromatic carbocycles. The van der Waals surface area contributed by atoms with E-state index in [1.807, 2.05) is 18.3 Å². The minimum absolute atomic E-state index is 0.0943. The summed E-state index contributed by atoms with van der Waals surface area (Å²) in [6, 6.07) is 7.78. The van der Waals surface area contributed by atoms with Crippen molar-refractivity contribution < 1.29 is 0 Å². The van der Waals surface area contributed by atoms with Crippen molar-refractivity contribution in [3.05, 3.63) is 60.3 Å². The maximum atomic E-state index is 6.34. The van der Waals surface area contributed by atoms with Crippen LogP contribution in [-0.2, 0) is 0 Å². The molecule has 1 atom stereocenters. The molecule has 2 heterocycles. The zero-order valence-corrected chi connectivity index (χ0v) is 16.2. The first-order valence-corrected chi connectivity index (χ1v) is 8.86. The Morgan fingerprint density at radius 2 is 2.05 bits per heavy atom.